The van der Waals surface area contributed by atoms with Gasteiger partial charge >= 0.3 is 6.18 Å². The molecule has 2 aromatic carbocycles. The second-order valence-corrected chi connectivity index (χ2v) is 7.74. The molecule has 0 radical (unpaired) electrons. The number of fused-ring (bicyclic) bond motifs is 1. The average Bonchev–Trinajstić information content (AvgIpc) is 3.10. The molecule has 2 aromatic heterocycles. The third-order valence-corrected chi connectivity index (χ3v) is 5.73. The maximum atomic E-state index is 13.0. The lowest BCUT2D eigenvalue weighted by Gasteiger charge is -2.08. The van der Waals surface area contributed by atoms with Gasteiger partial charge in [-0.15, -0.1) is 11.3 Å². The van der Waals surface area contributed by atoms with Crippen LogP contribution < -0.4 is 5.73 Å². The topological polar surface area (TPSA) is 56.0 Å². The van der Waals surface area contributed by atoms with Gasteiger partial charge in [0.1, 0.15) is 0 Å². The van der Waals surface area contributed by atoms with Gasteiger partial charge in [-0.2, -0.15) is 13.2 Å². The number of nitrogens with two attached hydrogens (primary N) is 1. The van der Waals surface area contributed by atoms with Gasteiger partial charge in [0.25, 0.3) is 0 Å². The first-order valence-corrected chi connectivity index (χ1v) is 9.57. The Kier molecular flexibility index (Phi) is 4.84. The number of rotatable bonds is 4. The number of amides is 1. The number of pyridine rings is 1. The molecule has 1 amide bonds. The van der Waals surface area contributed by atoms with E-state index < -0.39 is 17.6 Å². The van der Waals surface area contributed by atoms with Crippen LogP contribution in [0.3, 0.4) is 0 Å². The number of halogens is 3. The Bertz CT molecular complexity index is 1210. The molecule has 7 heteroatoms. The van der Waals surface area contributed by atoms with Crippen molar-refractivity contribution >= 4 is 27.3 Å². The SMILES string of the molecule is NC(=O)c1ccnc(-c2cccc3cc(Cc4cccc(C(F)(F)F)c4)sc23)c1. The zero-order valence-corrected chi connectivity index (χ0v) is 15.8. The van der Waals surface area contributed by atoms with Crippen LogP contribution in [-0.2, 0) is 12.6 Å². The number of benzene rings is 2. The Morgan fingerprint density at radius 1 is 1.03 bits per heavy atom. The van der Waals surface area contributed by atoms with Gasteiger partial charge in [-0.25, -0.2) is 0 Å². The van der Waals surface area contributed by atoms with E-state index in [2.05, 4.69) is 4.98 Å². The summed E-state index contributed by atoms with van der Waals surface area (Å²) < 4.78 is 39.9. The van der Waals surface area contributed by atoms with Gasteiger partial charge in [0, 0.05) is 33.3 Å². The third kappa shape index (κ3) is 4.00. The highest BCUT2D eigenvalue weighted by atomic mass is 32.1. The largest absolute Gasteiger partial charge is 0.416 e. The lowest BCUT2D eigenvalue weighted by Crippen LogP contribution is -2.10. The highest BCUT2D eigenvalue weighted by Gasteiger charge is 2.30. The summed E-state index contributed by atoms with van der Waals surface area (Å²) in [6.07, 6.45) is -2.43. The molecule has 0 fully saturated rings. The van der Waals surface area contributed by atoms with Crippen LogP contribution in [0.5, 0.6) is 0 Å². The van der Waals surface area contributed by atoms with Crippen molar-refractivity contribution < 1.29 is 18.0 Å². The molecule has 0 saturated carbocycles. The zero-order chi connectivity index (χ0) is 20.6. The van der Waals surface area contributed by atoms with E-state index in [1.807, 2.05) is 24.3 Å². The second-order valence-electron chi connectivity index (χ2n) is 6.61. The smallest absolute Gasteiger partial charge is 0.366 e. The fourth-order valence-electron chi connectivity index (χ4n) is 3.20. The fourth-order valence-corrected chi connectivity index (χ4v) is 4.41. The van der Waals surface area contributed by atoms with Gasteiger partial charge in [-0.1, -0.05) is 36.4 Å². The summed E-state index contributed by atoms with van der Waals surface area (Å²) in [5, 5.41) is 0.973. The summed E-state index contributed by atoms with van der Waals surface area (Å²) in [5.41, 5.74) is 7.16. The predicted molar refractivity (Wildman–Crippen MR) is 108 cm³/mol. The third-order valence-electron chi connectivity index (χ3n) is 4.55. The lowest BCUT2D eigenvalue weighted by molar-refractivity contribution is -0.137. The van der Waals surface area contributed by atoms with Crippen molar-refractivity contribution in [3.8, 4) is 11.3 Å². The highest BCUT2D eigenvalue weighted by Crippen LogP contribution is 2.36. The number of aromatic nitrogens is 1. The first-order valence-electron chi connectivity index (χ1n) is 8.75. The summed E-state index contributed by atoms with van der Waals surface area (Å²) in [7, 11) is 0. The Morgan fingerprint density at radius 3 is 2.59 bits per heavy atom. The molecule has 2 heterocycles. The maximum absolute atomic E-state index is 13.0. The number of nitrogens with zero attached hydrogens (tertiary/aromatic N) is 1. The number of carbonyl (C=O) groups excluding carboxylic acids is 1. The molecule has 0 bridgehead atoms. The van der Waals surface area contributed by atoms with Gasteiger partial charge in [-0.05, 0) is 35.2 Å². The zero-order valence-electron chi connectivity index (χ0n) is 15.0. The Hall–Kier alpha value is -3.19. The predicted octanol–water partition coefficient (Wildman–Crippen LogP) is 5.67. The first kappa shape index (κ1) is 19.1. The van der Waals surface area contributed by atoms with E-state index in [-0.39, 0.29) is 0 Å². The number of hydrogen-bond acceptors (Lipinski definition) is 3. The van der Waals surface area contributed by atoms with E-state index in [1.165, 1.54) is 29.7 Å². The molecule has 4 aromatic rings. The molecule has 0 aliphatic carbocycles. The van der Waals surface area contributed by atoms with E-state index >= 15 is 0 Å². The summed E-state index contributed by atoms with van der Waals surface area (Å²) in [5.74, 6) is -0.530. The van der Waals surface area contributed by atoms with E-state index in [0.29, 0.717) is 23.2 Å². The molecule has 29 heavy (non-hydrogen) atoms. The molecule has 0 aliphatic rings. The molecule has 146 valence electrons. The molecule has 0 atom stereocenters. The van der Waals surface area contributed by atoms with Crippen LogP contribution in [0.4, 0.5) is 13.2 Å². The van der Waals surface area contributed by atoms with Gasteiger partial charge in [0.2, 0.25) is 5.91 Å². The number of thiophene rings is 1. The quantitative estimate of drug-likeness (QED) is 0.469. The summed E-state index contributed by atoms with van der Waals surface area (Å²) in [4.78, 5) is 16.8. The van der Waals surface area contributed by atoms with Gasteiger partial charge in [0.05, 0.1) is 11.3 Å². The first-order chi connectivity index (χ1) is 13.8. The van der Waals surface area contributed by atoms with Crippen LogP contribution in [0.25, 0.3) is 21.3 Å². The van der Waals surface area contributed by atoms with E-state index in [0.717, 1.165) is 26.6 Å². The van der Waals surface area contributed by atoms with Crippen LogP contribution in [0.2, 0.25) is 0 Å². The number of primary amides is 1. The standard InChI is InChI=1S/C22H15F3N2OS/c23-22(24,25)16-5-1-3-13(9-16)10-17-11-14-4-2-6-18(20(14)29-17)19-12-15(21(26)28)7-8-27-19/h1-9,11-12H,10H2,(H2,26,28). The maximum Gasteiger partial charge on any atom is 0.416 e. The van der Waals surface area contributed by atoms with Gasteiger partial charge in [0.15, 0.2) is 0 Å². The number of carbonyl (C=O) groups is 1. The van der Waals surface area contributed by atoms with Crippen LogP contribution in [0.15, 0.2) is 66.9 Å². The van der Waals surface area contributed by atoms with Gasteiger partial charge < -0.3 is 5.73 Å². The Labute approximate surface area is 168 Å². The monoisotopic (exact) mass is 412 g/mol. The lowest BCUT2D eigenvalue weighted by atomic mass is 10.1. The molecule has 0 saturated heterocycles. The van der Waals surface area contributed by atoms with Gasteiger partial charge in [-0.3, -0.25) is 9.78 Å². The van der Waals surface area contributed by atoms with Crippen molar-refractivity contribution in [3.63, 3.8) is 0 Å². The van der Waals surface area contributed by atoms with Crippen LogP contribution in [0.1, 0.15) is 26.4 Å². The Morgan fingerprint density at radius 2 is 1.83 bits per heavy atom. The number of hydrogen-bond donors (Lipinski definition) is 1. The minimum absolute atomic E-state index is 0.368. The summed E-state index contributed by atoms with van der Waals surface area (Å²) in [6.45, 7) is 0. The minimum Gasteiger partial charge on any atom is -0.366 e. The van der Waals surface area contributed by atoms with Crippen molar-refractivity contribution in [1.29, 1.82) is 0 Å². The van der Waals surface area contributed by atoms with Crippen molar-refractivity contribution in [2.45, 2.75) is 12.6 Å². The van der Waals surface area contributed by atoms with Crippen molar-refractivity contribution in [1.82, 2.24) is 4.98 Å². The summed E-state index contributed by atoms with van der Waals surface area (Å²) in [6, 6.07) is 16.3. The molecule has 0 aliphatic heterocycles. The van der Waals surface area contributed by atoms with E-state index in [9.17, 15) is 18.0 Å². The van der Waals surface area contributed by atoms with Crippen molar-refractivity contribution in [2.24, 2.45) is 5.73 Å². The van der Waals surface area contributed by atoms with E-state index in [4.69, 9.17) is 5.73 Å². The summed E-state index contributed by atoms with van der Waals surface area (Å²) >= 11 is 1.50. The molecular weight excluding hydrogens is 397 g/mol. The molecule has 2 N–H and O–H groups in total. The molecular formula is C22H15F3N2OS. The minimum atomic E-state index is -4.36. The molecule has 4 rings (SSSR count). The van der Waals surface area contributed by atoms with Crippen LogP contribution in [0, 0.1) is 0 Å². The number of alkyl halides is 3. The molecule has 3 nitrogen and oxygen atoms in total. The highest BCUT2D eigenvalue weighted by molar-refractivity contribution is 7.19. The van der Waals surface area contributed by atoms with Crippen LogP contribution >= 0.6 is 11.3 Å². The molecule has 0 unspecified atom stereocenters. The second kappa shape index (κ2) is 7.33. The van der Waals surface area contributed by atoms with E-state index in [1.54, 1.807) is 18.2 Å². The molecule has 0 spiro atoms. The average molecular weight is 412 g/mol. The van der Waals surface area contributed by atoms with Crippen molar-refractivity contribution in [3.05, 3.63) is 88.4 Å². The van der Waals surface area contributed by atoms with Crippen LogP contribution in [-0.4, -0.2) is 10.9 Å². The van der Waals surface area contributed by atoms with Crippen molar-refractivity contribution in [2.75, 3.05) is 0 Å². The fraction of sp³-hybridized carbons (Fsp3) is 0.0909. The normalized spacial score (nSPS) is 11.7. The Balaban J connectivity index is 1.72.